The van der Waals surface area contributed by atoms with Crippen molar-refractivity contribution in [1.82, 2.24) is 4.98 Å². The number of rotatable bonds is 4. The van der Waals surface area contributed by atoms with Crippen LogP contribution in [0, 0.1) is 22.7 Å². The van der Waals surface area contributed by atoms with Crippen LogP contribution in [0.5, 0.6) is 0 Å². The Morgan fingerprint density at radius 2 is 2.19 bits per heavy atom. The summed E-state index contributed by atoms with van der Waals surface area (Å²) in [6.07, 6.45) is 2.10. The molecule has 0 atom stereocenters. The third-order valence-electron chi connectivity index (χ3n) is 2.28. The van der Waals surface area contributed by atoms with Crippen LogP contribution < -0.4 is 4.90 Å². The van der Waals surface area contributed by atoms with Gasteiger partial charge in [-0.25, -0.2) is 4.98 Å². The van der Waals surface area contributed by atoms with Crippen molar-refractivity contribution >= 4 is 5.69 Å². The Hall–Kier alpha value is -2.07. The standard InChI is InChI=1S/C12H14N4/c1-10(2)16(7-3-5-13)12-4-6-15-11(8-12)9-14/h4,6,8,10H,3,7H2,1-2H3. The van der Waals surface area contributed by atoms with E-state index in [9.17, 15) is 0 Å². The maximum absolute atomic E-state index is 8.78. The summed E-state index contributed by atoms with van der Waals surface area (Å²) in [7, 11) is 0. The van der Waals surface area contributed by atoms with Gasteiger partial charge in [-0.1, -0.05) is 0 Å². The molecular weight excluding hydrogens is 200 g/mol. The van der Waals surface area contributed by atoms with Gasteiger partial charge in [0.05, 0.1) is 12.5 Å². The summed E-state index contributed by atoms with van der Waals surface area (Å²) in [6, 6.07) is 8.04. The van der Waals surface area contributed by atoms with Gasteiger partial charge in [0.15, 0.2) is 0 Å². The quantitative estimate of drug-likeness (QED) is 0.769. The number of anilines is 1. The second kappa shape index (κ2) is 5.72. The zero-order valence-corrected chi connectivity index (χ0v) is 9.51. The second-order valence-electron chi connectivity index (χ2n) is 3.71. The van der Waals surface area contributed by atoms with Gasteiger partial charge >= 0.3 is 0 Å². The molecule has 0 aliphatic rings. The first-order valence-electron chi connectivity index (χ1n) is 5.18. The molecule has 1 heterocycles. The van der Waals surface area contributed by atoms with Gasteiger partial charge < -0.3 is 4.90 Å². The molecule has 0 radical (unpaired) electrons. The Balaban J connectivity index is 2.93. The van der Waals surface area contributed by atoms with Crippen molar-refractivity contribution in [3.63, 3.8) is 0 Å². The average molecular weight is 214 g/mol. The summed E-state index contributed by atoms with van der Waals surface area (Å²) < 4.78 is 0. The van der Waals surface area contributed by atoms with Crippen molar-refractivity contribution in [3.8, 4) is 12.1 Å². The molecule has 82 valence electrons. The van der Waals surface area contributed by atoms with Crippen LogP contribution >= 0.6 is 0 Å². The molecule has 0 fully saturated rings. The van der Waals surface area contributed by atoms with E-state index in [1.807, 2.05) is 12.1 Å². The highest BCUT2D eigenvalue weighted by molar-refractivity contribution is 5.49. The highest BCUT2D eigenvalue weighted by atomic mass is 15.1. The van der Waals surface area contributed by atoms with Gasteiger partial charge in [-0.05, 0) is 26.0 Å². The molecule has 0 unspecified atom stereocenters. The largest absolute Gasteiger partial charge is 0.368 e. The summed E-state index contributed by atoms with van der Waals surface area (Å²) >= 11 is 0. The highest BCUT2D eigenvalue weighted by Crippen LogP contribution is 2.17. The van der Waals surface area contributed by atoms with E-state index in [0.29, 0.717) is 24.7 Å². The fourth-order valence-corrected chi connectivity index (χ4v) is 1.52. The lowest BCUT2D eigenvalue weighted by atomic mass is 10.2. The first kappa shape index (κ1) is 12.0. The Morgan fingerprint density at radius 1 is 1.44 bits per heavy atom. The van der Waals surface area contributed by atoms with Crippen molar-refractivity contribution < 1.29 is 0 Å². The molecule has 0 N–H and O–H groups in total. The molecule has 1 aromatic rings. The molecule has 0 saturated heterocycles. The van der Waals surface area contributed by atoms with E-state index in [2.05, 4.69) is 29.8 Å². The predicted molar refractivity (Wildman–Crippen MR) is 61.7 cm³/mol. The van der Waals surface area contributed by atoms with E-state index in [-0.39, 0.29) is 0 Å². The number of aromatic nitrogens is 1. The minimum Gasteiger partial charge on any atom is -0.368 e. The lowest BCUT2D eigenvalue weighted by Crippen LogP contribution is -2.31. The highest BCUT2D eigenvalue weighted by Gasteiger charge is 2.10. The monoisotopic (exact) mass is 214 g/mol. The van der Waals surface area contributed by atoms with E-state index in [4.69, 9.17) is 10.5 Å². The van der Waals surface area contributed by atoms with Gasteiger partial charge in [0, 0.05) is 24.5 Å². The molecule has 4 nitrogen and oxygen atoms in total. The third-order valence-corrected chi connectivity index (χ3v) is 2.28. The average Bonchev–Trinajstić information content (AvgIpc) is 2.29. The second-order valence-corrected chi connectivity index (χ2v) is 3.71. The van der Waals surface area contributed by atoms with Crippen LogP contribution in [-0.2, 0) is 0 Å². The van der Waals surface area contributed by atoms with Crippen molar-refractivity contribution in [1.29, 1.82) is 10.5 Å². The van der Waals surface area contributed by atoms with Crippen LogP contribution in [0.15, 0.2) is 18.3 Å². The number of nitrogens with zero attached hydrogens (tertiary/aromatic N) is 4. The van der Waals surface area contributed by atoms with Crippen molar-refractivity contribution in [3.05, 3.63) is 24.0 Å². The minimum atomic E-state index is 0.294. The number of nitriles is 2. The van der Waals surface area contributed by atoms with Gasteiger partial charge in [0.1, 0.15) is 11.8 Å². The van der Waals surface area contributed by atoms with Crippen LogP contribution in [0.4, 0.5) is 5.69 Å². The van der Waals surface area contributed by atoms with Gasteiger partial charge in [0.2, 0.25) is 0 Å². The molecule has 0 spiro atoms. The number of hydrogen-bond acceptors (Lipinski definition) is 4. The maximum Gasteiger partial charge on any atom is 0.142 e. The first-order valence-corrected chi connectivity index (χ1v) is 5.18. The third kappa shape index (κ3) is 2.96. The van der Waals surface area contributed by atoms with E-state index in [1.54, 1.807) is 12.3 Å². The normalized spacial score (nSPS) is 9.56. The predicted octanol–water partition coefficient (Wildman–Crippen LogP) is 2.08. The zero-order chi connectivity index (χ0) is 12.0. The molecule has 0 amide bonds. The van der Waals surface area contributed by atoms with Crippen LogP contribution in [-0.4, -0.2) is 17.6 Å². The smallest absolute Gasteiger partial charge is 0.142 e. The number of hydrogen-bond donors (Lipinski definition) is 0. The summed E-state index contributed by atoms with van der Waals surface area (Å²) in [5.74, 6) is 0. The Bertz CT molecular complexity index is 425. The topological polar surface area (TPSA) is 63.7 Å². The fraction of sp³-hybridized carbons (Fsp3) is 0.417. The number of pyridine rings is 1. The van der Waals surface area contributed by atoms with Gasteiger partial charge in [-0.15, -0.1) is 0 Å². The Morgan fingerprint density at radius 3 is 2.75 bits per heavy atom. The lowest BCUT2D eigenvalue weighted by molar-refractivity contribution is 0.686. The molecular formula is C12H14N4. The van der Waals surface area contributed by atoms with E-state index in [0.717, 1.165) is 5.69 Å². The molecule has 1 rings (SSSR count). The molecule has 16 heavy (non-hydrogen) atoms. The summed E-state index contributed by atoms with van der Waals surface area (Å²) in [5.41, 5.74) is 1.34. The van der Waals surface area contributed by atoms with Crippen molar-refractivity contribution in [2.45, 2.75) is 26.3 Å². The summed E-state index contributed by atoms with van der Waals surface area (Å²) in [6.45, 7) is 4.79. The summed E-state index contributed by atoms with van der Waals surface area (Å²) in [5, 5.41) is 17.4. The van der Waals surface area contributed by atoms with Crippen molar-refractivity contribution in [2.24, 2.45) is 0 Å². The van der Waals surface area contributed by atoms with Crippen molar-refractivity contribution in [2.75, 3.05) is 11.4 Å². The van der Waals surface area contributed by atoms with E-state index >= 15 is 0 Å². The van der Waals surface area contributed by atoms with Gasteiger partial charge in [-0.2, -0.15) is 10.5 Å². The SMILES string of the molecule is CC(C)N(CCC#N)c1ccnc(C#N)c1. The minimum absolute atomic E-state index is 0.294. The Kier molecular flexibility index (Phi) is 4.29. The van der Waals surface area contributed by atoms with Crippen LogP contribution in [0.3, 0.4) is 0 Å². The van der Waals surface area contributed by atoms with E-state index < -0.39 is 0 Å². The Labute approximate surface area is 95.8 Å². The van der Waals surface area contributed by atoms with Crippen LogP contribution in [0.25, 0.3) is 0 Å². The van der Waals surface area contributed by atoms with E-state index in [1.165, 1.54) is 0 Å². The zero-order valence-electron chi connectivity index (χ0n) is 9.51. The van der Waals surface area contributed by atoms with Gasteiger partial charge in [-0.3, -0.25) is 0 Å². The molecule has 0 saturated carbocycles. The van der Waals surface area contributed by atoms with Crippen LogP contribution in [0.1, 0.15) is 26.0 Å². The molecule has 0 bridgehead atoms. The molecule has 4 heteroatoms. The molecule has 0 aromatic carbocycles. The molecule has 0 aliphatic carbocycles. The molecule has 1 aromatic heterocycles. The molecule has 0 aliphatic heterocycles. The van der Waals surface area contributed by atoms with Gasteiger partial charge in [0.25, 0.3) is 0 Å². The fourth-order valence-electron chi connectivity index (χ4n) is 1.52. The maximum atomic E-state index is 8.78. The lowest BCUT2D eigenvalue weighted by Gasteiger charge is -2.28. The summed E-state index contributed by atoms with van der Waals surface area (Å²) in [4.78, 5) is 6.02. The van der Waals surface area contributed by atoms with Crippen LogP contribution in [0.2, 0.25) is 0 Å². The first-order chi connectivity index (χ1) is 7.69.